The van der Waals surface area contributed by atoms with Gasteiger partial charge in [0, 0.05) is 37.5 Å². The molecule has 2 saturated heterocycles. The van der Waals surface area contributed by atoms with Gasteiger partial charge in [0.1, 0.15) is 0 Å². The van der Waals surface area contributed by atoms with Crippen LogP contribution in [0.4, 0.5) is 0 Å². The van der Waals surface area contributed by atoms with Crippen molar-refractivity contribution in [1.82, 2.24) is 15.5 Å². The van der Waals surface area contributed by atoms with Crippen LogP contribution in [0.3, 0.4) is 0 Å². The number of fused-ring (bicyclic) bond motifs is 1. The standard InChI is InChI=1S/C30H35N3O2/c34-28(31-26-13-7-19-33(22-26)21-23-8-2-1-3-9-23)15-17-30(18-16-29(35)32-30)20-25-12-6-11-24-10-4-5-14-27(24)25/h1-6,8-12,14,26H,7,13,15-22H2,(H,31,34)(H,32,35)/t26-,30+/m0/s1. The van der Waals surface area contributed by atoms with Gasteiger partial charge in [0.2, 0.25) is 11.8 Å². The summed E-state index contributed by atoms with van der Waals surface area (Å²) < 4.78 is 0. The third-order valence-corrected chi connectivity index (χ3v) is 7.59. The predicted molar refractivity (Wildman–Crippen MR) is 140 cm³/mol. The van der Waals surface area contributed by atoms with Crippen molar-refractivity contribution in [2.24, 2.45) is 0 Å². The fourth-order valence-corrected chi connectivity index (χ4v) is 5.80. The molecule has 5 heteroatoms. The van der Waals surface area contributed by atoms with Gasteiger partial charge in [0.05, 0.1) is 0 Å². The normalized spacial score (nSPS) is 22.7. The second kappa shape index (κ2) is 10.6. The van der Waals surface area contributed by atoms with Gasteiger partial charge in [-0.25, -0.2) is 0 Å². The van der Waals surface area contributed by atoms with Gasteiger partial charge in [0.15, 0.2) is 0 Å². The lowest BCUT2D eigenvalue weighted by Gasteiger charge is -2.34. The van der Waals surface area contributed by atoms with Crippen LogP contribution in [0, 0.1) is 0 Å². The highest BCUT2D eigenvalue weighted by Gasteiger charge is 2.38. The summed E-state index contributed by atoms with van der Waals surface area (Å²) in [4.78, 5) is 27.7. The number of hydrogen-bond acceptors (Lipinski definition) is 3. The van der Waals surface area contributed by atoms with E-state index in [1.165, 1.54) is 21.9 Å². The van der Waals surface area contributed by atoms with Crippen molar-refractivity contribution in [1.29, 1.82) is 0 Å². The number of carbonyl (C=O) groups is 2. The van der Waals surface area contributed by atoms with Gasteiger partial charge in [-0.05, 0) is 60.5 Å². The molecule has 182 valence electrons. The molecule has 5 rings (SSSR count). The number of piperidine rings is 1. The van der Waals surface area contributed by atoms with Crippen molar-refractivity contribution < 1.29 is 9.59 Å². The van der Waals surface area contributed by atoms with Crippen molar-refractivity contribution in [2.75, 3.05) is 13.1 Å². The van der Waals surface area contributed by atoms with Crippen molar-refractivity contribution in [3.8, 4) is 0 Å². The smallest absolute Gasteiger partial charge is 0.220 e. The Morgan fingerprint density at radius 1 is 1.03 bits per heavy atom. The molecule has 3 aromatic carbocycles. The van der Waals surface area contributed by atoms with Crippen LogP contribution in [0.1, 0.15) is 49.7 Å². The molecule has 2 atom stereocenters. The fraction of sp³-hybridized carbons (Fsp3) is 0.400. The average molecular weight is 470 g/mol. The van der Waals surface area contributed by atoms with Crippen LogP contribution in [0.25, 0.3) is 10.8 Å². The number of carbonyl (C=O) groups excluding carboxylic acids is 2. The van der Waals surface area contributed by atoms with Crippen molar-refractivity contribution in [3.05, 3.63) is 83.9 Å². The number of nitrogens with zero attached hydrogens (tertiary/aromatic N) is 1. The van der Waals surface area contributed by atoms with Crippen LogP contribution in [-0.4, -0.2) is 41.4 Å². The molecule has 0 unspecified atom stereocenters. The molecule has 0 bridgehead atoms. The van der Waals surface area contributed by atoms with E-state index in [0.717, 1.165) is 45.3 Å². The quantitative estimate of drug-likeness (QED) is 0.507. The molecule has 2 N–H and O–H groups in total. The zero-order valence-electron chi connectivity index (χ0n) is 20.3. The summed E-state index contributed by atoms with van der Waals surface area (Å²) in [5.74, 6) is 0.185. The van der Waals surface area contributed by atoms with Gasteiger partial charge < -0.3 is 10.6 Å². The molecule has 0 saturated carbocycles. The molecule has 0 aromatic heterocycles. The molecule has 0 aliphatic carbocycles. The first kappa shape index (κ1) is 23.6. The maximum absolute atomic E-state index is 13.0. The van der Waals surface area contributed by atoms with Crippen LogP contribution in [0.15, 0.2) is 72.8 Å². The maximum Gasteiger partial charge on any atom is 0.220 e. The zero-order valence-corrected chi connectivity index (χ0v) is 20.3. The highest BCUT2D eigenvalue weighted by Crippen LogP contribution is 2.32. The molecule has 3 aromatic rings. The van der Waals surface area contributed by atoms with Gasteiger partial charge in [-0.15, -0.1) is 0 Å². The van der Waals surface area contributed by atoms with E-state index in [-0.39, 0.29) is 23.4 Å². The Hall–Kier alpha value is -3.18. The average Bonchev–Trinajstić information content (AvgIpc) is 3.24. The molecular weight excluding hydrogens is 434 g/mol. The van der Waals surface area contributed by atoms with Crippen LogP contribution < -0.4 is 10.6 Å². The number of nitrogens with one attached hydrogen (secondary N) is 2. The van der Waals surface area contributed by atoms with Crippen LogP contribution in [0.2, 0.25) is 0 Å². The second-order valence-electron chi connectivity index (χ2n) is 10.3. The van der Waals surface area contributed by atoms with Gasteiger partial charge in [-0.2, -0.15) is 0 Å². The Balaban J connectivity index is 1.19. The topological polar surface area (TPSA) is 61.4 Å². The Morgan fingerprint density at radius 3 is 2.66 bits per heavy atom. The molecule has 2 fully saturated rings. The summed E-state index contributed by atoms with van der Waals surface area (Å²) in [7, 11) is 0. The van der Waals surface area contributed by atoms with Crippen LogP contribution in [-0.2, 0) is 22.6 Å². The molecule has 2 heterocycles. The molecule has 0 spiro atoms. The van der Waals surface area contributed by atoms with Crippen LogP contribution in [0.5, 0.6) is 0 Å². The number of amides is 2. The Bertz CT molecular complexity index is 1170. The van der Waals surface area contributed by atoms with E-state index in [1.54, 1.807) is 0 Å². The predicted octanol–water partition coefficient (Wildman–Crippen LogP) is 4.59. The first-order valence-corrected chi connectivity index (χ1v) is 12.9. The third-order valence-electron chi connectivity index (χ3n) is 7.59. The lowest BCUT2D eigenvalue weighted by Crippen LogP contribution is -2.48. The van der Waals surface area contributed by atoms with Gasteiger partial charge in [-0.1, -0.05) is 72.8 Å². The SMILES string of the molecule is O=C(CC[C@]1(Cc2cccc3ccccc23)CCC(=O)N1)N[C@H]1CCCN(Cc2ccccc2)C1. The van der Waals surface area contributed by atoms with Crippen molar-refractivity contribution >= 4 is 22.6 Å². The largest absolute Gasteiger partial charge is 0.352 e. The van der Waals surface area contributed by atoms with E-state index in [0.29, 0.717) is 19.3 Å². The lowest BCUT2D eigenvalue weighted by molar-refractivity contribution is -0.123. The Kier molecular flexibility index (Phi) is 7.14. The van der Waals surface area contributed by atoms with E-state index < -0.39 is 0 Å². The summed E-state index contributed by atoms with van der Waals surface area (Å²) in [6.45, 7) is 2.88. The van der Waals surface area contributed by atoms with Gasteiger partial charge >= 0.3 is 0 Å². The fourth-order valence-electron chi connectivity index (χ4n) is 5.80. The highest BCUT2D eigenvalue weighted by molar-refractivity contribution is 5.86. The van der Waals surface area contributed by atoms with E-state index in [4.69, 9.17) is 0 Å². The first-order chi connectivity index (χ1) is 17.1. The summed E-state index contributed by atoms with van der Waals surface area (Å²) in [6.07, 6.45) is 5.27. The molecular formula is C30H35N3O2. The summed E-state index contributed by atoms with van der Waals surface area (Å²) in [5, 5.41) is 8.96. The first-order valence-electron chi connectivity index (χ1n) is 12.9. The minimum absolute atomic E-state index is 0.0921. The molecule has 5 nitrogen and oxygen atoms in total. The molecule has 2 amide bonds. The Labute approximate surface area is 207 Å². The van der Waals surface area contributed by atoms with E-state index in [9.17, 15) is 9.59 Å². The maximum atomic E-state index is 13.0. The van der Waals surface area contributed by atoms with Gasteiger partial charge in [0.25, 0.3) is 0 Å². The summed E-state index contributed by atoms with van der Waals surface area (Å²) >= 11 is 0. The number of rotatable bonds is 8. The van der Waals surface area contributed by atoms with E-state index in [1.807, 2.05) is 6.07 Å². The minimum atomic E-state index is -0.357. The van der Waals surface area contributed by atoms with Gasteiger partial charge in [-0.3, -0.25) is 14.5 Å². The van der Waals surface area contributed by atoms with E-state index >= 15 is 0 Å². The second-order valence-corrected chi connectivity index (χ2v) is 10.3. The molecule has 35 heavy (non-hydrogen) atoms. The number of likely N-dealkylation sites (tertiary alicyclic amines) is 1. The highest BCUT2D eigenvalue weighted by atomic mass is 16.2. The van der Waals surface area contributed by atoms with Crippen LogP contribution >= 0.6 is 0 Å². The number of hydrogen-bond donors (Lipinski definition) is 2. The molecule has 2 aliphatic heterocycles. The third kappa shape index (κ3) is 5.91. The molecule has 0 radical (unpaired) electrons. The monoisotopic (exact) mass is 469 g/mol. The summed E-state index contributed by atoms with van der Waals surface area (Å²) in [5.41, 5.74) is 2.19. The zero-order chi connectivity index (χ0) is 24.1. The van der Waals surface area contributed by atoms with E-state index in [2.05, 4.69) is 82.3 Å². The molecule has 2 aliphatic rings. The van der Waals surface area contributed by atoms with Crippen molar-refractivity contribution in [2.45, 2.75) is 63.1 Å². The summed E-state index contributed by atoms with van der Waals surface area (Å²) in [6, 6.07) is 25.4. The number of benzene rings is 3. The van der Waals surface area contributed by atoms with Crippen molar-refractivity contribution in [3.63, 3.8) is 0 Å². The Morgan fingerprint density at radius 2 is 1.83 bits per heavy atom. The lowest BCUT2D eigenvalue weighted by atomic mass is 9.83. The minimum Gasteiger partial charge on any atom is -0.352 e.